The fraction of sp³-hybridized carbons (Fsp3) is 0.412. The number of nitrogens with zero attached hydrogens (tertiary/aromatic N) is 3. The molecule has 4 rings (SSSR count). The van der Waals surface area contributed by atoms with Gasteiger partial charge in [0.1, 0.15) is 15.9 Å². The predicted molar refractivity (Wildman–Crippen MR) is 102 cm³/mol. The molecule has 2 aromatic heterocycles. The number of rotatable bonds is 3. The van der Waals surface area contributed by atoms with Crippen LogP contribution in [0.25, 0.3) is 11.0 Å². The summed E-state index contributed by atoms with van der Waals surface area (Å²) in [5.41, 5.74) is 1.13. The molecule has 0 bridgehead atoms. The van der Waals surface area contributed by atoms with Crippen LogP contribution in [-0.2, 0) is 10.0 Å². The van der Waals surface area contributed by atoms with Gasteiger partial charge in [-0.3, -0.25) is 0 Å². The Labute approximate surface area is 155 Å². The van der Waals surface area contributed by atoms with Gasteiger partial charge in [0, 0.05) is 16.3 Å². The first-order valence-corrected chi connectivity index (χ1v) is 11.4. The second-order valence-electron chi connectivity index (χ2n) is 6.32. The number of aromatic nitrogens is 2. The predicted octanol–water partition coefficient (Wildman–Crippen LogP) is 4.37. The normalized spacial score (nSPS) is 20.0. The molecule has 0 spiro atoms. The number of fused-ring (bicyclic) bond motifs is 1. The molecule has 0 unspecified atom stereocenters. The summed E-state index contributed by atoms with van der Waals surface area (Å²) in [6.07, 6.45) is 3.88. The quantitative estimate of drug-likeness (QED) is 0.663. The Balaban J connectivity index is 1.82. The zero-order chi connectivity index (χ0) is 17.4. The van der Waals surface area contributed by atoms with E-state index in [1.165, 1.54) is 4.88 Å². The summed E-state index contributed by atoms with van der Waals surface area (Å²) in [4.78, 5) is 2.62. The fourth-order valence-electron chi connectivity index (χ4n) is 3.40. The Hall–Kier alpha value is -1.35. The molecular formula is C17H19N3O2S3. The number of hydrogen-bond acceptors (Lipinski definition) is 6. The largest absolute Gasteiger partial charge is 0.245 e. The van der Waals surface area contributed by atoms with Gasteiger partial charge in [-0.15, -0.1) is 11.3 Å². The minimum absolute atomic E-state index is 0.0898. The van der Waals surface area contributed by atoms with Crippen molar-refractivity contribution < 1.29 is 8.42 Å². The van der Waals surface area contributed by atoms with Crippen LogP contribution < -0.4 is 0 Å². The van der Waals surface area contributed by atoms with Crippen LogP contribution in [0, 0.1) is 6.92 Å². The number of aryl methyl sites for hydroxylation is 1. The number of benzene rings is 1. The topological polar surface area (TPSA) is 63.2 Å². The molecule has 1 aliphatic heterocycles. The van der Waals surface area contributed by atoms with Crippen LogP contribution in [0.15, 0.2) is 35.2 Å². The van der Waals surface area contributed by atoms with Gasteiger partial charge in [-0.25, -0.2) is 8.42 Å². The highest BCUT2D eigenvalue weighted by Gasteiger charge is 2.35. The number of sulfonamides is 1. The summed E-state index contributed by atoms with van der Waals surface area (Å²) in [7, 11) is -3.63. The zero-order valence-electron chi connectivity index (χ0n) is 13.9. The maximum Gasteiger partial charge on any atom is 0.245 e. The van der Waals surface area contributed by atoms with Gasteiger partial charge in [-0.05, 0) is 44.0 Å². The monoisotopic (exact) mass is 393 g/mol. The summed E-state index contributed by atoms with van der Waals surface area (Å²) in [6.45, 7) is 2.61. The highest BCUT2D eigenvalue weighted by molar-refractivity contribution is 7.89. The van der Waals surface area contributed by atoms with E-state index in [0.717, 1.165) is 42.3 Å². The van der Waals surface area contributed by atoms with E-state index in [0.29, 0.717) is 17.6 Å². The third-order valence-corrected chi connectivity index (χ3v) is 8.21. The van der Waals surface area contributed by atoms with Crippen LogP contribution in [0.2, 0.25) is 0 Å². The lowest BCUT2D eigenvalue weighted by atomic mass is 10.1. The second kappa shape index (κ2) is 6.75. The van der Waals surface area contributed by atoms with Crippen molar-refractivity contribution in [1.29, 1.82) is 0 Å². The first-order chi connectivity index (χ1) is 12.1. The molecular weight excluding hydrogens is 374 g/mol. The van der Waals surface area contributed by atoms with Crippen molar-refractivity contribution in [2.45, 2.75) is 43.5 Å². The second-order valence-corrected chi connectivity index (χ2v) is 10.0. The highest BCUT2D eigenvalue weighted by Crippen LogP contribution is 2.38. The Morgan fingerprint density at radius 2 is 2.00 bits per heavy atom. The first kappa shape index (κ1) is 17.1. The number of hydrogen-bond donors (Lipinski definition) is 0. The third kappa shape index (κ3) is 3.12. The van der Waals surface area contributed by atoms with E-state index < -0.39 is 10.0 Å². The van der Waals surface area contributed by atoms with Crippen LogP contribution >= 0.6 is 23.1 Å². The van der Waals surface area contributed by atoms with E-state index in [4.69, 9.17) is 0 Å². The summed E-state index contributed by atoms with van der Waals surface area (Å²) >= 11 is 2.75. The Morgan fingerprint density at radius 3 is 2.80 bits per heavy atom. The van der Waals surface area contributed by atoms with E-state index in [1.807, 2.05) is 0 Å². The molecule has 3 aromatic rings. The van der Waals surface area contributed by atoms with Crippen molar-refractivity contribution in [3.63, 3.8) is 0 Å². The van der Waals surface area contributed by atoms with Crippen molar-refractivity contribution in [2.24, 2.45) is 0 Å². The minimum atomic E-state index is -3.63. The van der Waals surface area contributed by atoms with E-state index >= 15 is 0 Å². The summed E-state index contributed by atoms with van der Waals surface area (Å²) in [6, 6.07) is 9.26. The molecule has 1 saturated heterocycles. The maximum absolute atomic E-state index is 13.5. The highest BCUT2D eigenvalue weighted by atomic mass is 32.2. The van der Waals surface area contributed by atoms with Crippen LogP contribution in [0.5, 0.6) is 0 Å². The molecule has 8 heteroatoms. The third-order valence-electron chi connectivity index (χ3n) is 4.63. The van der Waals surface area contributed by atoms with E-state index in [9.17, 15) is 8.42 Å². The van der Waals surface area contributed by atoms with Gasteiger partial charge in [-0.2, -0.15) is 13.1 Å². The zero-order valence-corrected chi connectivity index (χ0v) is 16.3. The maximum atomic E-state index is 13.5. The van der Waals surface area contributed by atoms with E-state index in [1.54, 1.807) is 33.8 Å². The molecule has 0 aliphatic carbocycles. The van der Waals surface area contributed by atoms with Crippen molar-refractivity contribution in [3.8, 4) is 0 Å². The van der Waals surface area contributed by atoms with Gasteiger partial charge >= 0.3 is 0 Å². The van der Waals surface area contributed by atoms with Crippen molar-refractivity contribution in [1.82, 2.24) is 13.1 Å². The van der Waals surface area contributed by atoms with Crippen molar-refractivity contribution >= 4 is 44.1 Å². The standard InChI is InChI=1S/C17H19N3O2S3/c1-12-9-10-15(23-12)14-7-3-2-4-11-20(14)25(21,22)16-8-5-6-13-17(16)19-24-18-13/h5-6,8-10,14H,2-4,7,11H2,1H3/t14-/m0/s1. The SMILES string of the molecule is Cc1ccc([C@@H]2CCCCCN2S(=O)(=O)c2cccc3nsnc23)s1. The number of thiophene rings is 1. The van der Waals surface area contributed by atoms with Crippen molar-refractivity contribution in [3.05, 3.63) is 40.1 Å². The van der Waals surface area contributed by atoms with E-state index in [-0.39, 0.29) is 10.9 Å². The molecule has 1 fully saturated rings. The van der Waals surface area contributed by atoms with Crippen molar-refractivity contribution in [2.75, 3.05) is 6.54 Å². The van der Waals surface area contributed by atoms with Crippen LogP contribution in [0.1, 0.15) is 41.5 Å². The molecule has 132 valence electrons. The molecule has 0 saturated carbocycles. The van der Waals surface area contributed by atoms with E-state index in [2.05, 4.69) is 27.8 Å². The van der Waals surface area contributed by atoms with Gasteiger partial charge in [0.05, 0.1) is 17.8 Å². The minimum Gasteiger partial charge on any atom is -0.207 e. The lowest BCUT2D eigenvalue weighted by Crippen LogP contribution is -2.34. The Kier molecular flexibility index (Phi) is 4.61. The summed E-state index contributed by atoms with van der Waals surface area (Å²) < 4.78 is 37.1. The molecule has 1 aromatic carbocycles. The van der Waals surface area contributed by atoms with Crippen LogP contribution in [0.3, 0.4) is 0 Å². The molecule has 25 heavy (non-hydrogen) atoms. The fourth-order valence-corrected chi connectivity index (χ4v) is 6.92. The molecule has 5 nitrogen and oxygen atoms in total. The molecule has 1 aliphatic rings. The van der Waals surface area contributed by atoms with Crippen LogP contribution in [-0.4, -0.2) is 28.0 Å². The average molecular weight is 394 g/mol. The lowest BCUT2D eigenvalue weighted by Gasteiger charge is -2.28. The molecule has 1 atom stereocenters. The Bertz CT molecular complexity index is 993. The molecule has 0 N–H and O–H groups in total. The summed E-state index contributed by atoms with van der Waals surface area (Å²) in [5, 5.41) is 0. The van der Waals surface area contributed by atoms with Gasteiger partial charge < -0.3 is 0 Å². The average Bonchev–Trinajstić information content (AvgIpc) is 3.16. The van der Waals surface area contributed by atoms with Crippen LogP contribution in [0.4, 0.5) is 0 Å². The smallest absolute Gasteiger partial charge is 0.207 e. The van der Waals surface area contributed by atoms with Gasteiger partial charge in [0.25, 0.3) is 0 Å². The molecule has 3 heterocycles. The molecule has 0 radical (unpaired) electrons. The van der Waals surface area contributed by atoms with Gasteiger partial charge in [0.2, 0.25) is 10.0 Å². The van der Waals surface area contributed by atoms with Gasteiger partial charge in [-0.1, -0.05) is 18.9 Å². The lowest BCUT2D eigenvalue weighted by molar-refractivity contribution is 0.333. The molecule has 0 amide bonds. The summed E-state index contributed by atoms with van der Waals surface area (Å²) in [5.74, 6) is 0. The Morgan fingerprint density at radius 1 is 1.12 bits per heavy atom. The van der Waals surface area contributed by atoms with Gasteiger partial charge in [0.15, 0.2) is 0 Å². The first-order valence-electron chi connectivity index (χ1n) is 8.37.